The number of benzene rings is 1. The Balaban J connectivity index is 2.54. The molecule has 0 atom stereocenters. The van der Waals surface area contributed by atoms with E-state index < -0.39 is 5.97 Å². The summed E-state index contributed by atoms with van der Waals surface area (Å²) in [6.45, 7) is 4.10. The maximum absolute atomic E-state index is 12.2. The van der Waals surface area contributed by atoms with E-state index in [2.05, 4.69) is 15.3 Å². The van der Waals surface area contributed by atoms with Gasteiger partial charge in [0.2, 0.25) is 5.95 Å². The number of hydrogen-bond acceptors (Lipinski definition) is 6. The second kappa shape index (κ2) is 7.51. The Hall–Kier alpha value is -2.47. The van der Waals surface area contributed by atoms with E-state index in [0.29, 0.717) is 29.4 Å². The van der Waals surface area contributed by atoms with Gasteiger partial charge in [0.05, 0.1) is 24.6 Å². The van der Waals surface area contributed by atoms with Crippen molar-refractivity contribution in [1.82, 2.24) is 9.97 Å². The van der Waals surface area contributed by atoms with Crippen LogP contribution in [0.25, 0.3) is 11.3 Å². The van der Waals surface area contributed by atoms with Gasteiger partial charge in [-0.2, -0.15) is 0 Å². The summed E-state index contributed by atoms with van der Waals surface area (Å²) < 4.78 is 5.11. The van der Waals surface area contributed by atoms with Crippen molar-refractivity contribution in [3.8, 4) is 11.3 Å². The number of carbonyl (C=O) groups is 1. The molecule has 0 fully saturated rings. The monoisotopic (exact) mass is 301 g/mol. The van der Waals surface area contributed by atoms with Gasteiger partial charge in [0, 0.05) is 12.1 Å². The summed E-state index contributed by atoms with van der Waals surface area (Å²) in [6.07, 6.45) is 0. The highest BCUT2D eigenvalue weighted by molar-refractivity contribution is 5.97. The van der Waals surface area contributed by atoms with E-state index in [1.54, 1.807) is 13.8 Å². The third kappa shape index (κ3) is 3.59. The first-order valence-corrected chi connectivity index (χ1v) is 7.13. The number of nitrogens with one attached hydrogen (secondary N) is 1. The molecular weight excluding hydrogens is 282 g/mol. The van der Waals surface area contributed by atoms with Crippen molar-refractivity contribution in [1.29, 1.82) is 0 Å². The normalized spacial score (nSPS) is 10.3. The fraction of sp³-hybridized carbons (Fsp3) is 0.312. The van der Waals surface area contributed by atoms with Crippen molar-refractivity contribution in [3.05, 3.63) is 41.6 Å². The van der Waals surface area contributed by atoms with Gasteiger partial charge in [-0.15, -0.1) is 0 Å². The van der Waals surface area contributed by atoms with Crippen LogP contribution in [0.2, 0.25) is 0 Å². The maximum Gasteiger partial charge on any atom is 0.342 e. The molecule has 2 N–H and O–H groups in total. The molecule has 2 rings (SSSR count). The summed E-state index contributed by atoms with van der Waals surface area (Å²) >= 11 is 0. The first-order chi connectivity index (χ1) is 10.7. The summed E-state index contributed by atoms with van der Waals surface area (Å²) in [6, 6.07) is 9.40. The summed E-state index contributed by atoms with van der Waals surface area (Å²) in [4.78, 5) is 20.9. The summed E-state index contributed by atoms with van der Waals surface area (Å²) in [5.41, 5.74) is 2.23. The molecule has 22 heavy (non-hydrogen) atoms. The van der Waals surface area contributed by atoms with Gasteiger partial charge >= 0.3 is 5.97 Å². The summed E-state index contributed by atoms with van der Waals surface area (Å²) in [5, 5.41) is 11.8. The van der Waals surface area contributed by atoms with Gasteiger partial charge in [-0.1, -0.05) is 30.3 Å². The Morgan fingerprint density at radius 1 is 1.27 bits per heavy atom. The van der Waals surface area contributed by atoms with E-state index in [9.17, 15) is 4.79 Å². The number of carbonyl (C=O) groups excluding carboxylic acids is 1. The second-order valence-electron chi connectivity index (χ2n) is 4.59. The van der Waals surface area contributed by atoms with Crippen molar-refractivity contribution in [2.24, 2.45) is 0 Å². The third-order valence-corrected chi connectivity index (χ3v) is 3.01. The van der Waals surface area contributed by atoms with Crippen LogP contribution < -0.4 is 5.32 Å². The molecule has 0 saturated carbocycles. The Bertz CT molecular complexity index is 645. The van der Waals surface area contributed by atoms with Gasteiger partial charge < -0.3 is 15.2 Å². The highest BCUT2D eigenvalue weighted by atomic mass is 16.5. The predicted octanol–water partition coefficient (Wildman–Crippen LogP) is 2.03. The quantitative estimate of drug-likeness (QED) is 0.794. The molecule has 0 aliphatic heterocycles. The molecule has 6 heteroatoms. The van der Waals surface area contributed by atoms with Crippen LogP contribution in [-0.2, 0) is 4.74 Å². The summed E-state index contributed by atoms with van der Waals surface area (Å²) in [7, 11) is 0. The van der Waals surface area contributed by atoms with Gasteiger partial charge in [0.1, 0.15) is 5.56 Å². The molecule has 2 aromatic rings. The number of nitrogens with zero attached hydrogens (tertiary/aromatic N) is 2. The lowest BCUT2D eigenvalue weighted by atomic mass is 10.0. The minimum Gasteiger partial charge on any atom is -0.462 e. The molecule has 1 heterocycles. The molecule has 1 aromatic heterocycles. The van der Waals surface area contributed by atoms with Crippen LogP contribution in [0.5, 0.6) is 0 Å². The van der Waals surface area contributed by atoms with E-state index in [1.165, 1.54) is 0 Å². The molecule has 0 aliphatic rings. The van der Waals surface area contributed by atoms with Crippen LogP contribution in [0.1, 0.15) is 23.0 Å². The van der Waals surface area contributed by atoms with Gasteiger partial charge in [0.15, 0.2) is 0 Å². The van der Waals surface area contributed by atoms with Crippen molar-refractivity contribution in [2.75, 3.05) is 25.1 Å². The fourth-order valence-electron chi connectivity index (χ4n) is 2.07. The van der Waals surface area contributed by atoms with Crippen LogP contribution in [0.15, 0.2) is 30.3 Å². The number of hydrogen-bond donors (Lipinski definition) is 2. The Kier molecular flexibility index (Phi) is 5.43. The van der Waals surface area contributed by atoms with Crippen molar-refractivity contribution in [2.45, 2.75) is 13.8 Å². The number of aliphatic hydroxyl groups excluding tert-OH is 1. The molecule has 0 unspecified atom stereocenters. The lowest BCUT2D eigenvalue weighted by Gasteiger charge is -2.13. The van der Waals surface area contributed by atoms with E-state index in [4.69, 9.17) is 9.84 Å². The average molecular weight is 301 g/mol. The van der Waals surface area contributed by atoms with Crippen LogP contribution in [-0.4, -0.2) is 40.8 Å². The minimum absolute atomic E-state index is 0.0251. The van der Waals surface area contributed by atoms with Gasteiger partial charge in [-0.25, -0.2) is 14.8 Å². The topological polar surface area (TPSA) is 84.3 Å². The van der Waals surface area contributed by atoms with E-state index in [-0.39, 0.29) is 13.2 Å². The standard InChI is InChI=1S/C16H19N3O3/c1-3-22-15(21)13-11(2)18-16(17-9-10-20)19-14(13)12-7-5-4-6-8-12/h4-8,20H,3,9-10H2,1-2H3,(H,17,18,19). The summed E-state index contributed by atoms with van der Waals surface area (Å²) in [5.74, 6) is -0.0639. The van der Waals surface area contributed by atoms with Crippen molar-refractivity contribution in [3.63, 3.8) is 0 Å². The van der Waals surface area contributed by atoms with Crippen molar-refractivity contribution >= 4 is 11.9 Å². The number of aryl methyl sites for hydroxylation is 1. The second-order valence-corrected chi connectivity index (χ2v) is 4.59. The number of aromatic nitrogens is 2. The SMILES string of the molecule is CCOC(=O)c1c(C)nc(NCCO)nc1-c1ccccc1. The minimum atomic E-state index is -0.437. The number of esters is 1. The van der Waals surface area contributed by atoms with Crippen LogP contribution in [0.4, 0.5) is 5.95 Å². The van der Waals surface area contributed by atoms with E-state index in [1.807, 2.05) is 30.3 Å². The largest absolute Gasteiger partial charge is 0.462 e. The predicted molar refractivity (Wildman–Crippen MR) is 83.7 cm³/mol. The third-order valence-electron chi connectivity index (χ3n) is 3.01. The number of aliphatic hydroxyl groups is 1. The smallest absolute Gasteiger partial charge is 0.342 e. The molecule has 116 valence electrons. The Morgan fingerprint density at radius 2 is 2.00 bits per heavy atom. The molecule has 0 bridgehead atoms. The molecule has 0 radical (unpaired) electrons. The van der Waals surface area contributed by atoms with E-state index in [0.717, 1.165) is 5.56 Å². The lowest BCUT2D eigenvalue weighted by molar-refractivity contribution is 0.0525. The zero-order valence-electron chi connectivity index (χ0n) is 12.7. The number of anilines is 1. The Labute approximate surface area is 129 Å². The highest BCUT2D eigenvalue weighted by Gasteiger charge is 2.20. The van der Waals surface area contributed by atoms with Gasteiger partial charge in [0.25, 0.3) is 0 Å². The zero-order valence-corrected chi connectivity index (χ0v) is 12.7. The molecule has 0 saturated heterocycles. The average Bonchev–Trinajstić information content (AvgIpc) is 2.53. The Morgan fingerprint density at radius 3 is 2.64 bits per heavy atom. The zero-order chi connectivity index (χ0) is 15.9. The number of rotatable bonds is 6. The van der Waals surface area contributed by atoms with Crippen LogP contribution in [0.3, 0.4) is 0 Å². The molecule has 0 amide bonds. The first-order valence-electron chi connectivity index (χ1n) is 7.13. The molecule has 0 aliphatic carbocycles. The highest BCUT2D eigenvalue weighted by Crippen LogP contribution is 2.25. The fourth-order valence-corrected chi connectivity index (χ4v) is 2.07. The van der Waals surface area contributed by atoms with E-state index >= 15 is 0 Å². The van der Waals surface area contributed by atoms with Gasteiger partial charge in [-0.3, -0.25) is 0 Å². The molecule has 0 spiro atoms. The van der Waals surface area contributed by atoms with Crippen molar-refractivity contribution < 1.29 is 14.6 Å². The molecular formula is C16H19N3O3. The lowest BCUT2D eigenvalue weighted by Crippen LogP contribution is -2.15. The molecule has 1 aromatic carbocycles. The maximum atomic E-state index is 12.2. The van der Waals surface area contributed by atoms with Gasteiger partial charge in [-0.05, 0) is 13.8 Å². The molecule has 6 nitrogen and oxygen atoms in total. The van der Waals surface area contributed by atoms with Crippen LogP contribution in [0, 0.1) is 6.92 Å². The first kappa shape index (κ1) is 15.9. The van der Waals surface area contributed by atoms with Crippen LogP contribution >= 0.6 is 0 Å². The number of ether oxygens (including phenoxy) is 1.